The molecule has 3 rings (SSSR count). The van der Waals surface area contributed by atoms with Crippen LogP contribution in [0.5, 0.6) is 17.2 Å². The van der Waals surface area contributed by atoms with Crippen molar-refractivity contribution in [3.8, 4) is 17.2 Å². The highest BCUT2D eigenvalue weighted by Gasteiger charge is 2.27. The molecule has 9 nitrogen and oxygen atoms in total. The molecule has 11 heteroatoms. The van der Waals surface area contributed by atoms with E-state index in [1.165, 1.54) is 11.3 Å². The minimum absolute atomic E-state index is 0.103. The van der Waals surface area contributed by atoms with Gasteiger partial charge in [-0.05, 0) is 75.6 Å². The number of benzene rings is 2. The summed E-state index contributed by atoms with van der Waals surface area (Å²) in [6.45, 7) is 8.51. The second-order valence-electron chi connectivity index (χ2n) is 8.93. The standard InChI is InChI=1S/C25H27N2O7PS/c1-16(2)33-19-12-17(22(28)27-24-26-10-11-36-24)13-20(14-19)34-18-6-8-21(9-7-18)35(30)32-15-31-23(29)25(3,4)5/h6-14,16H,15H2,1-5H3/p+1. The Hall–Kier alpha value is -3.33. The fraction of sp³-hybridized carbons (Fsp3) is 0.320. The molecule has 0 radical (unpaired) electrons. The zero-order valence-electron chi connectivity index (χ0n) is 20.6. The Labute approximate surface area is 214 Å². The van der Waals surface area contributed by atoms with E-state index in [1.54, 1.807) is 74.8 Å². The van der Waals surface area contributed by atoms with Gasteiger partial charge >= 0.3 is 14.0 Å². The molecule has 190 valence electrons. The van der Waals surface area contributed by atoms with E-state index in [9.17, 15) is 14.2 Å². The first kappa shape index (κ1) is 27.3. The number of nitrogens with one attached hydrogen (secondary N) is 1. The second kappa shape index (κ2) is 12.1. The van der Waals surface area contributed by atoms with Crippen molar-refractivity contribution in [2.75, 3.05) is 12.1 Å². The third-order valence-electron chi connectivity index (χ3n) is 4.42. The van der Waals surface area contributed by atoms with Gasteiger partial charge in [0.2, 0.25) is 12.1 Å². The third-order valence-corrected chi connectivity index (χ3v) is 6.17. The summed E-state index contributed by atoms with van der Waals surface area (Å²) in [7, 11) is -2.22. The summed E-state index contributed by atoms with van der Waals surface area (Å²) in [6, 6.07) is 11.3. The lowest BCUT2D eigenvalue weighted by Gasteiger charge is -2.14. The van der Waals surface area contributed by atoms with Crippen LogP contribution in [0.3, 0.4) is 0 Å². The fourth-order valence-electron chi connectivity index (χ4n) is 2.75. The van der Waals surface area contributed by atoms with E-state index in [4.69, 9.17) is 18.7 Å². The molecule has 1 N–H and O–H groups in total. The lowest BCUT2D eigenvalue weighted by Crippen LogP contribution is -2.23. The summed E-state index contributed by atoms with van der Waals surface area (Å²) in [4.78, 5) is 28.6. The Bertz CT molecular complexity index is 1210. The first-order valence-electron chi connectivity index (χ1n) is 11.1. The molecule has 0 aliphatic carbocycles. The predicted molar refractivity (Wildman–Crippen MR) is 138 cm³/mol. The number of thiazole rings is 1. The topological polar surface area (TPSA) is 113 Å². The molecule has 2 aromatic carbocycles. The van der Waals surface area contributed by atoms with E-state index < -0.39 is 26.2 Å². The van der Waals surface area contributed by atoms with Gasteiger partial charge in [-0.3, -0.25) is 14.9 Å². The van der Waals surface area contributed by atoms with Gasteiger partial charge in [-0.15, -0.1) is 11.3 Å². The van der Waals surface area contributed by atoms with E-state index in [2.05, 4.69) is 10.3 Å². The molecular weight excluding hydrogens is 503 g/mol. The Morgan fingerprint density at radius 3 is 2.36 bits per heavy atom. The van der Waals surface area contributed by atoms with Crippen molar-refractivity contribution in [2.24, 2.45) is 5.41 Å². The number of esters is 1. The number of aromatic nitrogens is 1. The van der Waals surface area contributed by atoms with Crippen molar-refractivity contribution in [3.63, 3.8) is 0 Å². The summed E-state index contributed by atoms with van der Waals surface area (Å²) in [5.41, 5.74) is -0.330. The van der Waals surface area contributed by atoms with Gasteiger partial charge in [0.1, 0.15) is 17.2 Å². The highest BCUT2D eigenvalue weighted by atomic mass is 32.1. The number of amides is 1. The molecule has 0 bridgehead atoms. The van der Waals surface area contributed by atoms with Crippen molar-refractivity contribution in [1.29, 1.82) is 0 Å². The SMILES string of the molecule is CC(C)Oc1cc(Oc2ccc([P+](=O)OCOC(=O)C(C)(C)C)cc2)cc(C(=O)Nc2nccs2)c1. The summed E-state index contributed by atoms with van der Waals surface area (Å²) in [5.74, 6) is 0.526. The van der Waals surface area contributed by atoms with Crippen molar-refractivity contribution in [3.05, 3.63) is 59.6 Å². The lowest BCUT2D eigenvalue weighted by molar-refractivity contribution is -0.159. The van der Waals surface area contributed by atoms with Gasteiger partial charge in [0, 0.05) is 23.2 Å². The Balaban J connectivity index is 1.68. The number of carbonyl (C=O) groups excluding carboxylic acids is 2. The highest BCUT2D eigenvalue weighted by Crippen LogP contribution is 2.30. The number of hydrogen-bond donors (Lipinski definition) is 1. The first-order chi connectivity index (χ1) is 17.0. The van der Waals surface area contributed by atoms with Gasteiger partial charge < -0.3 is 14.2 Å². The second-order valence-corrected chi connectivity index (χ2v) is 11.1. The summed E-state index contributed by atoms with van der Waals surface area (Å²) in [6.07, 6.45) is 1.50. The van der Waals surface area contributed by atoms with E-state index in [0.29, 0.717) is 33.2 Å². The molecular formula is C25H28N2O7PS+. The Kier molecular flexibility index (Phi) is 9.14. The minimum Gasteiger partial charge on any atom is -0.491 e. The molecule has 0 saturated carbocycles. The molecule has 0 aliphatic rings. The van der Waals surface area contributed by atoms with Crippen LogP contribution in [-0.4, -0.2) is 29.8 Å². The first-order valence-corrected chi connectivity index (χ1v) is 13.1. The monoisotopic (exact) mass is 531 g/mol. The summed E-state index contributed by atoms with van der Waals surface area (Å²) >= 11 is 1.31. The smallest absolute Gasteiger partial charge is 0.491 e. The molecule has 0 saturated heterocycles. The van der Waals surface area contributed by atoms with Crippen molar-refractivity contribution >= 4 is 41.7 Å². The average molecular weight is 532 g/mol. The number of carbonyl (C=O) groups is 2. The van der Waals surface area contributed by atoms with Crippen molar-refractivity contribution in [1.82, 2.24) is 4.98 Å². The zero-order valence-corrected chi connectivity index (χ0v) is 22.4. The van der Waals surface area contributed by atoms with Gasteiger partial charge in [-0.1, -0.05) is 4.52 Å². The van der Waals surface area contributed by atoms with Crippen molar-refractivity contribution < 1.29 is 32.9 Å². The van der Waals surface area contributed by atoms with Crippen LogP contribution in [0.1, 0.15) is 45.0 Å². The molecule has 0 fully saturated rings. The van der Waals surface area contributed by atoms with E-state index >= 15 is 0 Å². The maximum Gasteiger partial charge on any atom is 0.552 e. The van der Waals surface area contributed by atoms with Crippen LogP contribution in [0.2, 0.25) is 0 Å². The van der Waals surface area contributed by atoms with Crippen LogP contribution in [0.25, 0.3) is 0 Å². The largest absolute Gasteiger partial charge is 0.552 e. The van der Waals surface area contributed by atoms with Gasteiger partial charge in [0.15, 0.2) is 5.13 Å². The van der Waals surface area contributed by atoms with Gasteiger partial charge in [0.05, 0.1) is 11.5 Å². The number of hydrogen-bond acceptors (Lipinski definition) is 9. The molecule has 36 heavy (non-hydrogen) atoms. The number of rotatable bonds is 10. The van der Waals surface area contributed by atoms with Crippen LogP contribution < -0.4 is 20.1 Å². The highest BCUT2D eigenvalue weighted by molar-refractivity contribution is 7.48. The zero-order chi connectivity index (χ0) is 26.3. The predicted octanol–water partition coefficient (Wildman–Crippen LogP) is 5.91. The van der Waals surface area contributed by atoms with Gasteiger partial charge in [-0.2, -0.15) is 0 Å². The number of anilines is 1. The van der Waals surface area contributed by atoms with Crippen molar-refractivity contribution in [2.45, 2.75) is 40.7 Å². The molecule has 1 atom stereocenters. The number of nitrogens with zero attached hydrogens (tertiary/aromatic N) is 1. The molecule has 0 aliphatic heterocycles. The molecule has 1 amide bonds. The van der Waals surface area contributed by atoms with Crippen LogP contribution in [-0.2, 0) is 18.6 Å². The Morgan fingerprint density at radius 2 is 1.75 bits per heavy atom. The van der Waals surface area contributed by atoms with E-state index in [0.717, 1.165) is 0 Å². The average Bonchev–Trinajstić information content (AvgIpc) is 3.31. The van der Waals surface area contributed by atoms with Gasteiger partial charge in [-0.25, -0.2) is 4.98 Å². The minimum atomic E-state index is -2.22. The Morgan fingerprint density at radius 1 is 1.06 bits per heavy atom. The molecule has 1 aromatic heterocycles. The third kappa shape index (κ3) is 8.12. The van der Waals surface area contributed by atoms with E-state index in [-0.39, 0.29) is 12.0 Å². The fourth-order valence-corrected chi connectivity index (χ4v) is 3.96. The van der Waals surface area contributed by atoms with E-state index in [1.807, 2.05) is 13.8 Å². The number of ether oxygens (including phenoxy) is 3. The van der Waals surface area contributed by atoms with Crippen LogP contribution in [0, 0.1) is 5.41 Å². The maximum atomic E-state index is 12.7. The van der Waals surface area contributed by atoms with Crippen LogP contribution in [0.15, 0.2) is 54.0 Å². The quantitative estimate of drug-likeness (QED) is 0.195. The normalized spacial score (nSPS) is 11.7. The summed E-state index contributed by atoms with van der Waals surface area (Å²) < 4.78 is 34.2. The molecule has 0 spiro atoms. The maximum absolute atomic E-state index is 12.7. The van der Waals surface area contributed by atoms with Gasteiger partial charge in [0.25, 0.3) is 5.91 Å². The molecule has 1 unspecified atom stereocenters. The molecule has 1 heterocycles. The lowest BCUT2D eigenvalue weighted by atomic mass is 9.98. The van der Waals surface area contributed by atoms with Crippen LogP contribution >= 0.6 is 19.4 Å². The summed E-state index contributed by atoms with van der Waals surface area (Å²) in [5, 5.41) is 5.40. The molecule has 3 aromatic rings. The van der Waals surface area contributed by atoms with Crippen LogP contribution in [0.4, 0.5) is 5.13 Å².